The molecule has 1 aromatic heterocycles. The lowest BCUT2D eigenvalue weighted by Crippen LogP contribution is -2.16. The van der Waals surface area contributed by atoms with Gasteiger partial charge in [0.15, 0.2) is 0 Å². The van der Waals surface area contributed by atoms with Crippen LogP contribution >= 0.6 is 0 Å². The minimum absolute atomic E-state index is 0.202. The number of aromatic amines is 1. The Bertz CT molecular complexity index is 644. The maximum atomic E-state index is 12.0. The Kier molecular flexibility index (Phi) is 3.80. The minimum Gasteiger partial charge on any atom is -0.462 e. The molecule has 0 radical (unpaired) electrons. The third-order valence-corrected chi connectivity index (χ3v) is 2.89. The van der Waals surface area contributed by atoms with Crippen molar-refractivity contribution in [3.63, 3.8) is 0 Å². The van der Waals surface area contributed by atoms with E-state index in [2.05, 4.69) is 4.98 Å². The van der Waals surface area contributed by atoms with Crippen LogP contribution < -0.4 is 5.56 Å². The summed E-state index contributed by atoms with van der Waals surface area (Å²) in [5, 5.41) is 0. The topological polar surface area (TPSA) is 59.2 Å². The highest BCUT2D eigenvalue weighted by Gasteiger charge is 2.17. The Morgan fingerprint density at radius 3 is 2.58 bits per heavy atom. The molecule has 0 aliphatic heterocycles. The number of carbonyl (C=O) groups excluding carboxylic acids is 1. The van der Waals surface area contributed by atoms with E-state index < -0.39 is 5.97 Å². The SMILES string of the molecule is CCOC(=O)c1c[nH]c(=O)c(C)c1-c1ccccc1. The molecule has 0 bridgehead atoms. The molecule has 19 heavy (non-hydrogen) atoms. The Morgan fingerprint density at radius 1 is 1.26 bits per heavy atom. The fraction of sp³-hybridized carbons (Fsp3) is 0.200. The summed E-state index contributed by atoms with van der Waals surface area (Å²) < 4.78 is 5.02. The number of H-pyrrole nitrogens is 1. The van der Waals surface area contributed by atoms with Crippen molar-refractivity contribution in [1.29, 1.82) is 0 Å². The lowest BCUT2D eigenvalue weighted by atomic mass is 9.97. The summed E-state index contributed by atoms with van der Waals surface area (Å²) >= 11 is 0. The Labute approximate surface area is 111 Å². The van der Waals surface area contributed by atoms with E-state index in [1.54, 1.807) is 13.8 Å². The van der Waals surface area contributed by atoms with Crippen molar-refractivity contribution in [3.05, 3.63) is 58.0 Å². The fourth-order valence-electron chi connectivity index (χ4n) is 1.98. The highest BCUT2D eigenvalue weighted by atomic mass is 16.5. The quantitative estimate of drug-likeness (QED) is 0.859. The molecule has 0 saturated carbocycles. The van der Waals surface area contributed by atoms with Gasteiger partial charge in [0.2, 0.25) is 0 Å². The number of benzene rings is 1. The Balaban J connectivity index is 2.66. The summed E-state index contributed by atoms with van der Waals surface area (Å²) in [5.41, 5.74) is 2.14. The van der Waals surface area contributed by atoms with Crippen molar-refractivity contribution in [3.8, 4) is 11.1 Å². The number of hydrogen-bond donors (Lipinski definition) is 1. The second-order valence-corrected chi connectivity index (χ2v) is 4.12. The van der Waals surface area contributed by atoms with Crippen LogP contribution in [0.15, 0.2) is 41.3 Å². The second kappa shape index (κ2) is 5.52. The zero-order valence-corrected chi connectivity index (χ0v) is 10.9. The lowest BCUT2D eigenvalue weighted by molar-refractivity contribution is 0.0526. The summed E-state index contributed by atoms with van der Waals surface area (Å²) in [6.45, 7) is 3.74. The van der Waals surface area contributed by atoms with Crippen LogP contribution in [0.1, 0.15) is 22.8 Å². The number of hydrogen-bond acceptors (Lipinski definition) is 3. The summed E-state index contributed by atoms with van der Waals surface area (Å²) in [4.78, 5) is 26.3. The first kappa shape index (κ1) is 13.1. The monoisotopic (exact) mass is 257 g/mol. The summed E-state index contributed by atoms with van der Waals surface area (Å²) in [7, 11) is 0. The number of pyridine rings is 1. The van der Waals surface area contributed by atoms with E-state index in [-0.39, 0.29) is 5.56 Å². The van der Waals surface area contributed by atoms with E-state index in [0.717, 1.165) is 5.56 Å². The summed E-state index contributed by atoms with van der Waals surface area (Å²) in [6, 6.07) is 9.35. The predicted octanol–water partition coefficient (Wildman–Crippen LogP) is 2.53. The molecule has 0 spiro atoms. The molecule has 0 aliphatic rings. The Morgan fingerprint density at radius 2 is 1.95 bits per heavy atom. The summed E-state index contributed by atoms with van der Waals surface area (Å²) in [6.07, 6.45) is 1.41. The number of esters is 1. The number of aromatic nitrogens is 1. The van der Waals surface area contributed by atoms with E-state index in [4.69, 9.17) is 4.74 Å². The van der Waals surface area contributed by atoms with Crippen molar-refractivity contribution < 1.29 is 9.53 Å². The van der Waals surface area contributed by atoms with Crippen LogP contribution in [0.3, 0.4) is 0 Å². The van der Waals surface area contributed by atoms with Crippen LogP contribution in [0.5, 0.6) is 0 Å². The smallest absolute Gasteiger partial charge is 0.340 e. The average Bonchev–Trinajstić information content (AvgIpc) is 2.43. The van der Waals surface area contributed by atoms with Gasteiger partial charge >= 0.3 is 5.97 Å². The molecule has 2 aromatic rings. The molecule has 0 amide bonds. The largest absolute Gasteiger partial charge is 0.462 e. The van der Waals surface area contributed by atoms with Gasteiger partial charge in [0.1, 0.15) is 0 Å². The molecule has 98 valence electrons. The maximum Gasteiger partial charge on any atom is 0.340 e. The van der Waals surface area contributed by atoms with Crippen molar-refractivity contribution in [1.82, 2.24) is 4.98 Å². The van der Waals surface area contributed by atoms with Crippen LogP contribution in [-0.2, 0) is 4.74 Å². The number of rotatable bonds is 3. The zero-order valence-electron chi connectivity index (χ0n) is 10.9. The van der Waals surface area contributed by atoms with Gasteiger partial charge in [0.25, 0.3) is 5.56 Å². The summed E-state index contributed by atoms with van der Waals surface area (Å²) in [5.74, 6) is -0.430. The minimum atomic E-state index is -0.430. The van der Waals surface area contributed by atoms with Crippen LogP contribution in [-0.4, -0.2) is 17.6 Å². The van der Waals surface area contributed by atoms with Crippen molar-refractivity contribution in [2.75, 3.05) is 6.61 Å². The molecule has 1 heterocycles. The molecule has 2 rings (SSSR count). The number of ether oxygens (including phenoxy) is 1. The number of nitrogens with one attached hydrogen (secondary N) is 1. The second-order valence-electron chi connectivity index (χ2n) is 4.12. The molecule has 1 aromatic carbocycles. The first-order chi connectivity index (χ1) is 9.15. The van der Waals surface area contributed by atoms with Crippen LogP contribution in [0.4, 0.5) is 0 Å². The van der Waals surface area contributed by atoms with E-state index in [1.807, 2.05) is 30.3 Å². The van der Waals surface area contributed by atoms with Gasteiger partial charge < -0.3 is 9.72 Å². The molecule has 0 unspecified atom stereocenters. The van der Waals surface area contributed by atoms with Crippen molar-refractivity contribution >= 4 is 5.97 Å². The van der Waals surface area contributed by atoms with Gasteiger partial charge in [-0.15, -0.1) is 0 Å². The fourth-order valence-corrected chi connectivity index (χ4v) is 1.98. The van der Waals surface area contributed by atoms with Crippen LogP contribution in [0, 0.1) is 6.92 Å². The van der Waals surface area contributed by atoms with E-state index in [9.17, 15) is 9.59 Å². The van der Waals surface area contributed by atoms with Gasteiger partial charge in [-0.2, -0.15) is 0 Å². The zero-order chi connectivity index (χ0) is 13.8. The van der Waals surface area contributed by atoms with Gasteiger partial charge in [-0.25, -0.2) is 4.79 Å². The molecular formula is C15H15NO3. The van der Waals surface area contributed by atoms with Gasteiger partial charge in [0, 0.05) is 17.3 Å². The highest BCUT2D eigenvalue weighted by molar-refractivity contribution is 5.97. The van der Waals surface area contributed by atoms with Gasteiger partial charge in [-0.1, -0.05) is 30.3 Å². The highest BCUT2D eigenvalue weighted by Crippen LogP contribution is 2.25. The molecular weight excluding hydrogens is 242 g/mol. The number of carbonyl (C=O) groups is 1. The molecule has 0 atom stereocenters. The molecule has 4 nitrogen and oxygen atoms in total. The lowest BCUT2D eigenvalue weighted by Gasteiger charge is -2.11. The van der Waals surface area contributed by atoms with Crippen molar-refractivity contribution in [2.45, 2.75) is 13.8 Å². The molecule has 4 heteroatoms. The normalized spacial score (nSPS) is 10.2. The third-order valence-electron chi connectivity index (χ3n) is 2.89. The van der Waals surface area contributed by atoms with Gasteiger partial charge in [-0.3, -0.25) is 4.79 Å². The van der Waals surface area contributed by atoms with Gasteiger partial charge in [-0.05, 0) is 19.4 Å². The van der Waals surface area contributed by atoms with Crippen LogP contribution in [0.2, 0.25) is 0 Å². The third kappa shape index (κ3) is 2.57. The first-order valence-electron chi connectivity index (χ1n) is 6.10. The predicted molar refractivity (Wildman–Crippen MR) is 73.2 cm³/mol. The molecule has 0 aliphatic carbocycles. The first-order valence-corrected chi connectivity index (χ1v) is 6.10. The average molecular weight is 257 g/mol. The molecule has 1 N–H and O–H groups in total. The maximum absolute atomic E-state index is 12.0. The molecule has 0 saturated heterocycles. The van der Waals surface area contributed by atoms with Crippen molar-refractivity contribution in [2.24, 2.45) is 0 Å². The van der Waals surface area contributed by atoms with E-state index >= 15 is 0 Å². The van der Waals surface area contributed by atoms with E-state index in [1.165, 1.54) is 6.20 Å². The van der Waals surface area contributed by atoms with Gasteiger partial charge in [0.05, 0.1) is 12.2 Å². The standard InChI is InChI=1S/C15H15NO3/c1-3-19-15(18)12-9-16-14(17)10(2)13(12)11-7-5-4-6-8-11/h4-9H,3H2,1-2H3,(H,16,17). The Hall–Kier alpha value is -2.36. The van der Waals surface area contributed by atoms with E-state index in [0.29, 0.717) is 23.3 Å². The van der Waals surface area contributed by atoms with Crippen LogP contribution in [0.25, 0.3) is 11.1 Å². The molecule has 0 fully saturated rings.